The van der Waals surface area contributed by atoms with Crippen molar-refractivity contribution < 1.29 is 15.3 Å². The SMILES string of the molecule is Cc1c(CCO)cc(CCO)cc1CCO.Cc1ccccc1.Cc1ccccc1.Cc1ccccc1.Cc1ccccc1.Cc1ccccc1.Cc1ccccc1.Cc1ccccc1.Cc1ccccc1.Cc1ccccc1.Cc1ccccc1.Cc1ccccc1.Cc1ccccc1.Cc1ccccc1.Cc1ccccc1.Cc1ccccc1.Cc1ccccc1. The molecule has 0 atom stereocenters. The van der Waals surface area contributed by atoms with Crippen molar-refractivity contribution >= 4 is 0 Å². The van der Waals surface area contributed by atoms with Crippen molar-refractivity contribution in [2.75, 3.05) is 19.8 Å². The first-order valence-corrected chi connectivity index (χ1v) is 44.2. The molecule has 3 N–H and O–H groups in total. The zero-order valence-electron chi connectivity index (χ0n) is 79.9. The largest absolute Gasteiger partial charge is 0.396 e. The lowest BCUT2D eigenvalue weighted by Gasteiger charge is -2.13. The molecular formula is C125H148O3. The number of aryl methyl sites for hydroxylation is 16. The van der Waals surface area contributed by atoms with Gasteiger partial charge >= 0.3 is 0 Å². The smallest absolute Gasteiger partial charge is 0.0471 e. The van der Waals surface area contributed by atoms with Crippen LogP contribution >= 0.6 is 0 Å². The molecule has 0 aliphatic carbocycles. The highest BCUT2D eigenvalue weighted by Gasteiger charge is 2.07. The summed E-state index contributed by atoms with van der Waals surface area (Å²) in [4.78, 5) is 0. The van der Waals surface area contributed by atoms with Gasteiger partial charge in [-0.2, -0.15) is 0 Å². The van der Waals surface area contributed by atoms with Gasteiger partial charge in [-0.25, -0.2) is 0 Å². The average Bonchev–Trinajstić information content (AvgIpc) is 0.835. The first kappa shape index (κ1) is 113. The maximum absolute atomic E-state index is 8.99. The summed E-state index contributed by atoms with van der Waals surface area (Å²) in [6.07, 6.45) is 1.88. The summed E-state index contributed by atoms with van der Waals surface area (Å²) >= 11 is 0. The molecule has 0 bridgehead atoms. The van der Waals surface area contributed by atoms with Crippen molar-refractivity contribution in [1.82, 2.24) is 0 Å². The molecule has 17 aromatic carbocycles. The molecule has 0 aliphatic rings. The fourth-order valence-corrected chi connectivity index (χ4v) is 10.5. The van der Waals surface area contributed by atoms with Crippen LogP contribution in [-0.2, 0) is 19.3 Å². The molecule has 0 saturated heterocycles. The van der Waals surface area contributed by atoms with E-state index < -0.39 is 0 Å². The Labute approximate surface area is 775 Å². The van der Waals surface area contributed by atoms with Crippen LogP contribution in [0.5, 0.6) is 0 Å². The molecule has 3 nitrogen and oxygen atoms in total. The summed E-state index contributed by atoms with van der Waals surface area (Å²) in [5.74, 6) is 0. The van der Waals surface area contributed by atoms with Crippen LogP contribution in [0, 0.1) is 118 Å². The molecular weight excluding hydrogens is 1550 g/mol. The van der Waals surface area contributed by atoms with E-state index >= 15 is 0 Å². The van der Waals surface area contributed by atoms with Crippen LogP contribution in [0.2, 0.25) is 0 Å². The molecule has 17 aromatic rings. The van der Waals surface area contributed by atoms with E-state index in [4.69, 9.17) is 15.3 Å². The monoisotopic (exact) mass is 1700 g/mol. The van der Waals surface area contributed by atoms with Crippen molar-refractivity contribution in [2.45, 2.75) is 137 Å². The molecule has 17 rings (SSSR count). The lowest BCUT2D eigenvalue weighted by Crippen LogP contribution is -2.04. The van der Waals surface area contributed by atoms with Gasteiger partial charge in [0, 0.05) is 19.8 Å². The molecule has 0 aromatic heterocycles. The van der Waals surface area contributed by atoms with E-state index in [1.165, 1.54) is 89.0 Å². The summed E-state index contributed by atoms with van der Waals surface area (Å²) in [7, 11) is 0. The fourth-order valence-electron chi connectivity index (χ4n) is 10.5. The molecule has 3 heteroatoms. The van der Waals surface area contributed by atoms with Crippen LogP contribution in [-0.4, -0.2) is 35.1 Å². The lowest BCUT2D eigenvalue weighted by atomic mass is 9.94. The van der Waals surface area contributed by atoms with E-state index in [0.29, 0.717) is 19.3 Å². The van der Waals surface area contributed by atoms with Crippen molar-refractivity contribution in [1.29, 1.82) is 0 Å². The van der Waals surface area contributed by atoms with Gasteiger partial charge in [-0.15, -0.1) is 0 Å². The maximum Gasteiger partial charge on any atom is 0.0471 e. The fraction of sp³-hybridized carbons (Fsp3) is 0.184. The minimum Gasteiger partial charge on any atom is -0.396 e. The van der Waals surface area contributed by atoms with Crippen LogP contribution in [0.4, 0.5) is 0 Å². The van der Waals surface area contributed by atoms with Crippen LogP contribution in [0.15, 0.2) is 497 Å². The summed E-state index contributed by atoms with van der Waals surface area (Å²) in [5, 5.41) is 26.9. The minimum atomic E-state index is 0.125. The third kappa shape index (κ3) is 72.0. The van der Waals surface area contributed by atoms with E-state index in [1.54, 1.807) is 0 Å². The molecule has 666 valence electrons. The summed E-state index contributed by atoms with van der Waals surface area (Å²) < 4.78 is 0. The lowest BCUT2D eigenvalue weighted by molar-refractivity contribution is 0.296. The van der Waals surface area contributed by atoms with Gasteiger partial charge in [0.05, 0.1) is 0 Å². The first-order valence-electron chi connectivity index (χ1n) is 44.2. The normalized spacial score (nSPS) is 8.97. The predicted molar refractivity (Wildman–Crippen MR) is 562 cm³/mol. The molecule has 0 unspecified atom stereocenters. The number of rotatable bonds is 6. The summed E-state index contributed by atoms with van der Waals surface area (Å²) in [6, 6.07) is 168. The second-order valence-corrected chi connectivity index (χ2v) is 30.4. The number of aliphatic hydroxyl groups excluding tert-OH is 3. The number of aliphatic hydroxyl groups is 3. The topological polar surface area (TPSA) is 60.7 Å². The van der Waals surface area contributed by atoms with E-state index in [1.807, 2.05) is 310 Å². The number of hydrogen-bond acceptors (Lipinski definition) is 3. The van der Waals surface area contributed by atoms with E-state index in [0.717, 1.165) is 22.3 Å². The highest BCUT2D eigenvalue weighted by molar-refractivity contribution is 5.39. The van der Waals surface area contributed by atoms with Crippen LogP contribution in [0.3, 0.4) is 0 Å². The standard InChI is InChI=1S/C13H20O3.16C7H8/c1-10-12(3-6-15)8-11(2-5-14)9-13(10)4-7-16;16*1-7-5-3-2-4-6-7/h8-9,14-16H,2-7H2,1H3;16*2-6H,1H3. The zero-order chi connectivity index (χ0) is 93.8. The predicted octanol–water partition coefficient (Wildman–Crippen LogP) is 32.5. The molecule has 0 spiro atoms. The molecule has 0 amide bonds. The first-order chi connectivity index (χ1) is 62.0. The van der Waals surface area contributed by atoms with Crippen LogP contribution in [0.25, 0.3) is 0 Å². The Morgan fingerprint density at radius 1 is 0.125 bits per heavy atom. The van der Waals surface area contributed by atoms with Gasteiger partial charge in [0.25, 0.3) is 0 Å². The van der Waals surface area contributed by atoms with Gasteiger partial charge in [0.1, 0.15) is 0 Å². The Balaban J connectivity index is 0.000000684. The van der Waals surface area contributed by atoms with Gasteiger partial charge in [-0.1, -0.05) is 586 Å². The molecule has 0 heterocycles. The highest BCUT2D eigenvalue weighted by atomic mass is 16.3. The average molecular weight is 1700 g/mol. The molecule has 128 heavy (non-hydrogen) atoms. The van der Waals surface area contributed by atoms with E-state index in [9.17, 15) is 0 Å². The Bertz CT molecular complexity index is 3910. The Morgan fingerprint density at radius 3 is 0.273 bits per heavy atom. The van der Waals surface area contributed by atoms with Crippen molar-refractivity contribution in [2.24, 2.45) is 0 Å². The van der Waals surface area contributed by atoms with Crippen molar-refractivity contribution in [3.05, 3.63) is 609 Å². The Morgan fingerprint density at radius 2 is 0.211 bits per heavy atom. The molecule has 0 fully saturated rings. The van der Waals surface area contributed by atoms with Crippen molar-refractivity contribution in [3.8, 4) is 0 Å². The third-order valence-corrected chi connectivity index (χ3v) is 17.9. The summed E-state index contributed by atoms with van der Waals surface area (Å²) in [6.45, 7) is 35.7. The van der Waals surface area contributed by atoms with Crippen LogP contribution in [0.1, 0.15) is 111 Å². The zero-order valence-corrected chi connectivity index (χ0v) is 79.9. The Hall–Kier alpha value is -13.4. The number of benzene rings is 17. The van der Waals surface area contributed by atoms with Gasteiger partial charge in [-0.05, 0) is 159 Å². The maximum atomic E-state index is 8.99. The third-order valence-electron chi connectivity index (χ3n) is 17.9. The summed E-state index contributed by atoms with van der Waals surface area (Å²) in [5.41, 5.74) is 25.6. The molecule has 0 radical (unpaired) electrons. The number of hydrogen-bond donors (Lipinski definition) is 3. The quantitative estimate of drug-likeness (QED) is 0.155. The van der Waals surface area contributed by atoms with Gasteiger partial charge in [0.15, 0.2) is 0 Å². The van der Waals surface area contributed by atoms with Crippen molar-refractivity contribution in [3.63, 3.8) is 0 Å². The van der Waals surface area contributed by atoms with Gasteiger partial charge in [0.2, 0.25) is 0 Å². The van der Waals surface area contributed by atoms with E-state index in [-0.39, 0.29) is 19.8 Å². The van der Waals surface area contributed by atoms with E-state index in [2.05, 4.69) is 305 Å². The van der Waals surface area contributed by atoms with Crippen LogP contribution < -0.4 is 0 Å². The second-order valence-electron chi connectivity index (χ2n) is 30.4. The second kappa shape index (κ2) is 79.5. The molecule has 0 saturated carbocycles. The minimum absolute atomic E-state index is 0.125. The Kier molecular flexibility index (Phi) is 70.0. The molecule has 0 aliphatic heterocycles. The highest BCUT2D eigenvalue weighted by Crippen LogP contribution is 2.19. The van der Waals surface area contributed by atoms with Gasteiger partial charge in [-0.3, -0.25) is 0 Å². The van der Waals surface area contributed by atoms with Gasteiger partial charge < -0.3 is 15.3 Å².